The van der Waals surface area contributed by atoms with Crippen LogP contribution in [0.25, 0.3) is 0 Å². The van der Waals surface area contributed by atoms with E-state index in [0.29, 0.717) is 12.2 Å². The highest BCUT2D eigenvalue weighted by atomic mass is 16.1. The van der Waals surface area contributed by atoms with Gasteiger partial charge in [0, 0.05) is 56.0 Å². The first-order valence-corrected chi connectivity index (χ1v) is 9.20. The predicted octanol–water partition coefficient (Wildman–Crippen LogP) is 2.72. The fourth-order valence-electron chi connectivity index (χ4n) is 2.95. The summed E-state index contributed by atoms with van der Waals surface area (Å²) < 4.78 is 0. The van der Waals surface area contributed by atoms with Crippen molar-refractivity contribution < 1.29 is 4.79 Å². The summed E-state index contributed by atoms with van der Waals surface area (Å²) in [5.74, 6) is -0.138. The van der Waals surface area contributed by atoms with Crippen LogP contribution in [0.2, 0.25) is 0 Å². The summed E-state index contributed by atoms with van der Waals surface area (Å²) in [6.45, 7) is 7.00. The van der Waals surface area contributed by atoms with Crippen molar-refractivity contribution >= 4 is 23.0 Å². The Morgan fingerprint density at radius 2 is 1.81 bits per heavy atom. The number of rotatable bonds is 6. The zero-order chi connectivity index (χ0) is 18.4. The molecule has 2 heterocycles. The van der Waals surface area contributed by atoms with Crippen molar-refractivity contribution in [3.8, 4) is 0 Å². The minimum atomic E-state index is -0.138. The van der Waals surface area contributed by atoms with Gasteiger partial charge in [0.2, 0.25) is 0 Å². The Morgan fingerprint density at radius 3 is 2.50 bits per heavy atom. The third-order valence-corrected chi connectivity index (χ3v) is 4.55. The minimum absolute atomic E-state index is 0.138. The van der Waals surface area contributed by atoms with Crippen LogP contribution >= 0.6 is 0 Å². The van der Waals surface area contributed by atoms with Crippen LogP contribution in [0.15, 0.2) is 42.6 Å². The van der Waals surface area contributed by atoms with E-state index < -0.39 is 0 Å². The number of hydrogen-bond acceptors (Lipinski definition) is 5. The topological polar surface area (TPSA) is 60.5 Å². The predicted molar refractivity (Wildman–Crippen MR) is 106 cm³/mol. The van der Waals surface area contributed by atoms with Crippen molar-refractivity contribution in [2.75, 3.05) is 50.0 Å². The summed E-state index contributed by atoms with van der Waals surface area (Å²) in [5, 5.41) is 6.19. The van der Waals surface area contributed by atoms with Crippen molar-refractivity contribution in [2.45, 2.75) is 13.3 Å². The second kappa shape index (κ2) is 8.67. The van der Waals surface area contributed by atoms with Crippen LogP contribution in [0.3, 0.4) is 0 Å². The molecule has 1 amide bonds. The summed E-state index contributed by atoms with van der Waals surface area (Å²) in [7, 11) is 2.16. The maximum Gasteiger partial charge on any atom is 0.269 e. The van der Waals surface area contributed by atoms with Gasteiger partial charge in [0.05, 0.1) is 0 Å². The molecule has 6 heteroatoms. The maximum atomic E-state index is 12.0. The van der Waals surface area contributed by atoms with E-state index in [1.54, 1.807) is 12.3 Å². The molecular formula is C20H27N5O. The largest absolute Gasteiger partial charge is 0.369 e. The number of likely N-dealkylation sites (N-methyl/N-ethyl adjacent to an activating group) is 1. The molecule has 0 radical (unpaired) electrons. The number of aromatic nitrogens is 1. The van der Waals surface area contributed by atoms with Gasteiger partial charge in [0.15, 0.2) is 0 Å². The Kier molecular flexibility index (Phi) is 6.07. The zero-order valence-electron chi connectivity index (χ0n) is 15.5. The lowest BCUT2D eigenvalue weighted by Gasteiger charge is -2.34. The molecule has 26 heavy (non-hydrogen) atoms. The van der Waals surface area contributed by atoms with Crippen molar-refractivity contribution in [1.82, 2.24) is 15.2 Å². The second-order valence-corrected chi connectivity index (χ2v) is 6.65. The first-order chi connectivity index (χ1) is 12.7. The van der Waals surface area contributed by atoms with Gasteiger partial charge in [-0.05, 0) is 49.9 Å². The molecule has 0 bridgehead atoms. The van der Waals surface area contributed by atoms with Crippen molar-refractivity contribution in [3.63, 3.8) is 0 Å². The average Bonchev–Trinajstić information content (AvgIpc) is 2.67. The number of amides is 1. The molecule has 138 valence electrons. The Bertz CT molecular complexity index is 723. The van der Waals surface area contributed by atoms with Crippen LogP contribution in [-0.2, 0) is 0 Å². The first-order valence-electron chi connectivity index (χ1n) is 9.20. The number of nitrogens with zero attached hydrogens (tertiary/aromatic N) is 3. The van der Waals surface area contributed by atoms with Gasteiger partial charge in [-0.1, -0.05) is 6.92 Å². The second-order valence-electron chi connectivity index (χ2n) is 6.65. The SMILES string of the molecule is CCCNC(=O)c1cc(Nc2ccc(N3CCN(C)CC3)cc2)ccn1. The van der Waals surface area contributed by atoms with Gasteiger partial charge < -0.3 is 20.4 Å². The first kappa shape index (κ1) is 18.2. The molecule has 0 aliphatic carbocycles. The van der Waals surface area contributed by atoms with Crippen LogP contribution in [0.5, 0.6) is 0 Å². The lowest BCUT2D eigenvalue weighted by Crippen LogP contribution is -2.44. The molecule has 0 saturated carbocycles. The number of benzene rings is 1. The molecular weight excluding hydrogens is 326 g/mol. The van der Waals surface area contributed by atoms with E-state index in [9.17, 15) is 4.79 Å². The summed E-state index contributed by atoms with van der Waals surface area (Å²) in [6.07, 6.45) is 2.56. The van der Waals surface area contributed by atoms with E-state index in [2.05, 4.69) is 56.7 Å². The van der Waals surface area contributed by atoms with Crippen molar-refractivity contribution in [2.24, 2.45) is 0 Å². The van der Waals surface area contributed by atoms with Crippen molar-refractivity contribution in [3.05, 3.63) is 48.3 Å². The van der Waals surface area contributed by atoms with E-state index in [1.807, 2.05) is 13.0 Å². The molecule has 3 rings (SSSR count). The Morgan fingerprint density at radius 1 is 1.08 bits per heavy atom. The molecule has 2 N–H and O–H groups in total. The number of hydrogen-bond donors (Lipinski definition) is 2. The quantitative estimate of drug-likeness (QED) is 0.836. The molecule has 0 spiro atoms. The Hall–Kier alpha value is -2.60. The van der Waals surface area contributed by atoms with Crippen LogP contribution < -0.4 is 15.5 Å². The lowest BCUT2D eigenvalue weighted by atomic mass is 10.2. The number of pyridine rings is 1. The monoisotopic (exact) mass is 353 g/mol. The van der Waals surface area contributed by atoms with Crippen LogP contribution in [-0.4, -0.2) is 55.6 Å². The summed E-state index contributed by atoms with van der Waals surface area (Å²) in [4.78, 5) is 21.0. The molecule has 6 nitrogen and oxygen atoms in total. The normalized spacial score (nSPS) is 14.9. The molecule has 1 aromatic heterocycles. The van der Waals surface area contributed by atoms with Gasteiger partial charge in [0.1, 0.15) is 5.69 Å². The van der Waals surface area contributed by atoms with E-state index in [4.69, 9.17) is 0 Å². The molecule has 0 unspecified atom stereocenters. The number of carbonyl (C=O) groups excluding carboxylic acids is 1. The summed E-state index contributed by atoms with van der Waals surface area (Å²) in [5.41, 5.74) is 3.53. The fourth-order valence-corrected chi connectivity index (χ4v) is 2.95. The smallest absolute Gasteiger partial charge is 0.269 e. The van der Waals surface area contributed by atoms with Crippen molar-refractivity contribution in [1.29, 1.82) is 0 Å². The average molecular weight is 353 g/mol. The number of nitrogens with one attached hydrogen (secondary N) is 2. The third kappa shape index (κ3) is 4.73. The highest BCUT2D eigenvalue weighted by Crippen LogP contribution is 2.22. The molecule has 1 aliphatic heterocycles. The van der Waals surface area contributed by atoms with Gasteiger partial charge in [-0.3, -0.25) is 9.78 Å². The van der Waals surface area contributed by atoms with Gasteiger partial charge in [-0.2, -0.15) is 0 Å². The highest BCUT2D eigenvalue weighted by Gasteiger charge is 2.14. The third-order valence-electron chi connectivity index (χ3n) is 4.55. The minimum Gasteiger partial charge on any atom is -0.369 e. The van der Waals surface area contributed by atoms with Gasteiger partial charge in [0.25, 0.3) is 5.91 Å². The van der Waals surface area contributed by atoms with Crippen LogP contribution in [0, 0.1) is 0 Å². The van der Waals surface area contributed by atoms with E-state index >= 15 is 0 Å². The summed E-state index contributed by atoms with van der Waals surface area (Å²) >= 11 is 0. The molecule has 1 aliphatic rings. The van der Waals surface area contributed by atoms with E-state index in [1.165, 1.54) is 5.69 Å². The van der Waals surface area contributed by atoms with Gasteiger partial charge in [-0.15, -0.1) is 0 Å². The maximum absolute atomic E-state index is 12.0. The number of carbonyl (C=O) groups is 1. The number of piperazine rings is 1. The molecule has 1 aromatic carbocycles. The molecule has 1 fully saturated rings. The Labute approximate surface area is 155 Å². The van der Waals surface area contributed by atoms with Gasteiger partial charge >= 0.3 is 0 Å². The fraction of sp³-hybridized carbons (Fsp3) is 0.400. The highest BCUT2D eigenvalue weighted by molar-refractivity contribution is 5.93. The molecule has 0 atom stereocenters. The van der Waals surface area contributed by atoms with E-state index in [-0.39, 0.29) is 5.91 Å². The lowest BCUT2D eigenvalue weighted by molar-refractivity contribution is 0.0948. The van der Waals surface area contributed by atoms with Crippen LogP contribution in [0.4, 0.5) is 17.1 Å². The zero-order valence-corrected chi connectivity index (χ0v) is 15.5. The van der Waals surface area contributed by atoms with Gasteiger partial charge in [-0.25, -0.2) is 0 Å². The van der Waals surface area contributed by atoms with Crippen LogP contribution in [0.1, 0.15) is 23.8 Å². The summed E-state index contributed by atoms with van der Waals surface area (Å²) in [6, 6.07) is 12.1. The van der Waals surface area contributed by atoms with E-state index in [0.717, 1.165) is 44.0 Å². The molecule has 2 aromatic rings. The standard InChI is InChI=1S/C20H27N5O/c1-3-9-22-20(26)19-15-17(8-10-21-19)23-16-4-6-18(7-5-16)25-13-11-24(2)12-14-25/h4-8,10,15H,3,9,11-14H2,1-2H3,(H,21,23)(H,22,26). The molecule has 1 saturated heterocycles. The Balaban J connectivity index is 1.63. The number of anilines is 3.